The zero-order valence-corrected chi connectivity index (χ0v) is 22.3. The average molecular weight is 551 g/mol. The first-order chi connectivity index (χ1) is 20.7. The Morgan fingerprint density at radius 3 is 2.67 bits per heavy atom. The third kappa shape index (κ3) is 4.10. The Hall–Kier alpha value is -4.32. The Labute approximate surface area is 235 Å². The molecule has 1 aromatic carbocycles. The maximum Gasteiger partial charge on any atom is 0.252 e. The highest BCUT2D eigenvalue weighted by Crippen LogP contribution is 2.38. The lowest BCUT2D eigenvalue weighted by Crippen LogP contribution is -2.64. The molecule has 2 saturated heterocycles. The highest BCUT2D eigenvalue weighted by molar-refractivity contribution is 6.03. The van der Waals surface area contributed by atoms with E-state index in [4.69, 9.17) is 16.0 Å². The van der Waals surface area contributed by atoms with Crippen LogP contribution in [-0.2, 0) is 14.3 Å². The summed E-state index contributed by atoms with van der Waals surface area (Å²) >= 11 is 0. The van der Waals surface area contributed by atoms with Gasteiger partial charge >= 0.3 is 0 Å². The number of amides is 2. The van der Waals surface area contributed by atoms with Crippen LogP contribution in [0.3, 0.4) is 0 Å². The van der Waals surface area contributed by atoms with Crippen LogP contribution in [0.2, 0.25) is 0 Å². The van der Waals surface area contributed by atoms with Crippen molar-refractivity contribution in [1.29, 1.82) is 0 Å². The number of nitrogens with zero attached hydrogens (tertiary/aromatic N) is 7. The van der Waals surface area contributed by atoms with Crippen molar-refractivity contribution < 1.29 is 24.2 Å². The SMILES string of the molecule is [2H]C1([2H])N(c2cc(-c3cc(-c4ccnn4C4CCOCC4)c4c(N)ncnn34)ccc2F)C(=O)C(C)(C)N(C(C)=O)C1([2H])[2H]. The number of anilines is 2. The van der Waals surface area contributed by atoms with Gasteiger partial charge < -0.3 is 20.3 Å². The number of carbonyl (C=O) groups excluding carboxylic acids is 2. The minimum atomic E-state index is -3.14. The van der Waals surface area contributed by atoms with Gasteiger partial charge in [0.1, 0.15) is 23.2 Å². The number of fused-ring (bicyclic) bond motifs is 1. The van der Waals surface area contributed by atoms with Crippen molar-refractivity contribution in [2.24, 2.45) is 0 Å². The molecule has 3 aromatic heterocycles. The topological polar surface area (TPSA) is 124 Å². The molecule has 0 spiro atoms. The van der Waals surface area contributed by atoms with Gasteiger partial charge in [-0.3, -0.25) is 14.3 Å². The Morgan fingerprint density at radius 2 is 1.93 bits per heavy atom. The zero-order valence-electron chi connectivity index (χ0n) is 26.3. The number of carbonyl (C=O) groups is 2. The van der Waals surface area contributed by atoms with Gasteiger partial charge in [0.15, 0.2) is 5.82 Å². The van der Waals surface area contributed by atoms with E-state index in [0.29, 0.717) is 45.4 Å². The first kappa shape index (κ1) is 21.5. The predicted octanol–water partition coefficient (Wildman–Crippen LogP) is 3.31. The van der Waals surface area contributed by atoms with E-state index in [2.05, 4.69) is 15.2 Å². The summed E-state index contributed by atoms with van der Waals surface area (Å²) in [6.07, 6.45) is 4.51. The minimum absolute atomic E-state index is 0.0932. The molecule has 6 rings (SSSR count). The molecule has 0 aliphatic carbocycles. The van der Waals surface area contributed by atoms with Crippen LogP contribution in [0, 0.1) is 5.82 Å². The number of rotatable bonds is 4. The number of benzene rings is 1. The van der Waals surface area contributed by atoms with Crippen molar-refractivity contribution in [3.63, 3.8) is 0 Å². The molecule has 2 aliphatic heterocycles. The second-order valence-electron chi connectivity index (χ2n) is 10.3. The van der Waals surface area contributed by atoms with Crippen LogP contribution in [0.25, 0.3) is 28.0 Å². The highest BCUT2D eigenvalue weighted by atomic mass is 19.1. The normalized spacial score (nSPS) is 22.1. The Kier molecular flexibility index (Phi) is 5.21. The molecule has 2 amide bonds. The van der Waals surface area contributed by atoms with Crippen LogP contribution < -0.4 is 10.6 Å². The number of aromatic nitrogens is 5. The van der Waals surface area contributed by atoms with Crippen LogP contribution in [0.5, 0.6) is 0 Å². The molecule has 0 unspecified atom stereocenters. The Balaban J connectivity index is 1.52. The summed E-state index contributed by atoms with van der Waals surface area (Å²) in [7, 11) is 0. The van der Waals surface area contributed by atoms with Crippen LogP contribution in [-0.4, -0.2) is 72.8 Å². The first-order valence-corrected chi connectivity index (χ1v) is 12.9. The second-order valence-corrected chi connectivity index (χ2v) is 10.3. The molecule has 0 bridgehead atoms. The van der Waals surface area contributed by atoms with Crippen molar-refractivity contribution >= 4 is 28.8 Å². The molecular weight excluding hydrogens is 515 g/mol. The van der Waals surface area contributed by atoms with Crippen molar-refractivity contribution in [1.82, 2.24) is 29.3 Å². The van der Waals surface area contributed by atoms with Crippen LogP contribution >= 0.6 is 0 Å². The fourth-order valence-electron chi connectivity index (χ4n) is 5.36. The van der Waals surface area contributed by atoms with Gasteiger partial charge in [-0.2, -0.15) is 10.2 Å². The summed E-state index contributed by atoms with van der Waals surface area (Å²) in [6.45, 7) is -1.28. The number of hydrogen-bond acceptors (Lipinski definition) is 7. The van der Waals surface area contributed by atoms with Crippen LogP contribution in [0.15, 0.2) is 42.9 Å². The van der Waals surface area contributed by atoms with Gasteiger partial charge in [0.05, 0.1) is 28.6 Å². The Bertz CT molecular complexity index is 1800. The summed E-state index contributed by atoms with van der Waals surface area (Å²) in [6, 6.07) is 7.52. The lowest BCUT2D eigenvalue weighted by Gasteiger charge is -2.45. The van der Waals surface area contributed by atoms with E-state index in [1.165, 1.54) is 36.8 Å². The quantitative estimate of drug-likeness (QED) is 0.413. The second kappa shape index (κ2) is 9.70. The summed E-state index contributed by atoms with van der Waals surface area (Å²) < 4.78 is 59.1. The number of ether oxygens (including phenoxy) is 1. The number of nitrogens with two attached hydrogens (primary N) is 1. The molecule has 11 nitrogen and oxygen atoms in total. The van der Waals surface area contributed by atoms with E-state index in [-0.39, 0.29) is 11.9 Å². The highest BCUT2D eigenvalue weighted by Gasteiger charge is 2.44. The molecule has 12 heteroatoms. The molecule has 5 heterocycles. The van der Waals surface area contributed by atoms with Gasteiger partial charge in [-0.25, -0.2) is 13.9 Å². The van der Waals surface area contributed by atoms with E-state index in [0.717, 1.165) is 31.5 Å². The van der Waals surface area contributed by atoms with E-state index >= 15 is 4.39 Å². The smallest absolute Gasteiger partial charge is 0.252 e. The minimum Gasteiger partial charge on any atom is -0.382 e. The van der Waals surface area contributed by atoms with Gasteiger partial charge in [-0.05, 0) is 57.0 Å². The van der Waals surface area contributed by atoms with Gasteiger partial charge in [0.25, 0.3) is 5.91 Å². The molecule has 0 radical (unpaired) electrons. The average Bonchev–Trinajstić information content (AvgIpc) is 3.59. The van der Waals surface area contributed by atoms with Crippen LogP contribution in [0.1, 0.15) is 45.1 Å². The largest absolute Gasteiger partial charge is 0.382 e. The van der Waals surface area contributed by atoms with E-state index in [1.807, 2.05) is 10.7 Å². The number of piperazine rings is 1. The molecule has 40 heavy (non-hydrogen) atoms. The summed E-state index contributed by atoms with van der Waals surface area (Å²) in [4.78, 5) is 31.4. The molecule has 0 atom stereocenters. The third-order valence-corrected chi connectivity index (χ3v) is 7.42. The molecular formula is C28H31FN8O3. The third-order valence-electron chi connectivity index (χ3n) is 7.42. The lowest BCUT2D eigenvalue weighted by atomic mass is 9.96. The first-order valence-electron chi connectivity index (χ1n) is 14.9. The molecule has 2 aliphatic rings. The van der Waals surface area contributed by atoms with Crippen molar-refractivity contribution in [2.75, 3.05) is 36.8 Å². The van der Waals surface area contributed by atoms with Gasteiger partial charge in [0.2, 0.25) is 5.91 Å². The number of halogens is 1. The molecule has 2 fully saturated rings. The van der Waals surface area contributed by atoms with Crippen molar-refractivity contribution in [3.8, 4) is 22.5 Å². The predicted molar refractivity (Wildman–Crippen MR) is 147 cm³/mol. The number of nitrogen functional groups attached to an aromatic ring is 1. The van der Waals surface area contributed by atoms with Gasteiger partial charge in [-0.15, -0.1) is 0 Å². The van der Waals surface area contributed by atoms with Crippen LogP contribution in [0.4, 0.5) is 15.9 Å². The lowest BCUT2D eigenvalue weighted by molar-refractivity contribution is -0.145. The maximum atomic E-state index is 15.6. The zero-order chi connectivity index (χ0) is 31.8. The fourth-order valence-corrected chi connectivity index (χ4v) is 5.36. The Morgan fingerprint density at radius 1 is 1.15 bits per heavy atom. The standard InChI is InChI=1S/C28H31FN8O3/c1-17(38)35-11-10-34(27(39)28(35,2)3)24-14-18(4-5-21(24)29)23-15-20(25-26(30)31-16-33-37(23)25)22-6-9-32-36(22)19-7-12-40-13-8-19/h4-6,9,14-16,19H,7-8,10-13H2,1-3H3,(H2,30,31,33)/i10D2,11D2. The van der Waals surface area contributed by atoms with Crippen molar-refractivity contribution in [2.45, 2.75) is 45.2 Å². The fraction of sp³-hybridized carbons (Fsp3) is 0.393. The molecule has 2 N–H and O–H groups in total. The van der Waals surface area contributed by atoms with Crippen molar-refractivity contribution in [3.05, 3.63) is 48.7 Å². The van der Waals surface area contributed by atoms with E-state index in [1.54, 1.807) is 12.3 Å². The molecule has 208 valence electrons. The number of hydrogen-bond donors (Lipinski definition) is 1. The van der Waals surface area contributed by atoms with Gasteiger partial charge in [-0.1, -0.05) is 0 Å². The monoisotopic (exact) mass is 550 g/mol. The van der Waals surface area contributed by atoms with E-state index in [9.17, 15) is 9.59 Å². The molecule has 0 saturated carbocycles. The molecule has 4 aromatic rings. The van der Waals surface area contributed by atoms with Gasteiger partial charge in [0, 0.05) is 50.5 Å². The maximum absolute atomic E-state index is 15.6. The summed E-state index contributed by atoms with van der Waals surface area (Å²) in [5, 5.41) is 8.96. The summed E-state index contributed by atoms with van der Waals surface area (Å²) in [5.41, 5.74) is 6.68. The van der Waals surface area contributed by atoms with E-state index < -0.39 is 41.9 Å². The summed E-state index contributed by atoms with van der Waals surface area (Å²) in [5.74, 6) is -2.60.